The van der Waals surface area contributed by atoms with E-state index >= 15 is 0 Å². The highest BCUT2D eigenvalue weighted by Gasteiger charge is 2.46. The molecule has 1 N–H and O–H groups in total. The van der Waals surface area contributed by atoms with Crippen molar-refractivity contribution in [2.24, 2.45) is 11.8 Å². The fourth-order valence-electron chi connectivity index (χ4n) is 2.68. The first-order chi connectivity index (χ1) is 8.36. The molecule has 4 heteroatoms. The van der Waals surface area contributed by atoms with Crippen molar-refractivity contribution >= 4 is 5.97 Å². The summed E-state index contributed by atoms with van der Waals surface area (Å²) in [5.41, 5.74) is 0. The van der Waals surface area contributed by atoms with Crippen LogP contribution in [0.3, 0.4) is 0 Å². The van der Waals surface area contributed by atoms with Crippen LogP contribution in [-0.4, -0.2) is 37.4 Å². The first-order valence-corrected chi connectivity index (χ1v) is 6.86. The zero-order valence-corrected chi connectivity index (χ0v) is 12.4. The van der Waals surface area contributed by atoms with Crippen LogP contribution >= 0.6 is 0 Å². The summed E-state index contributed by atoms with van der Waals surface area (Å²) < 4.78 is 11.6. The van der Waals surface area contributed by atoms with Crippen LogP contribution in [-0.2, 0) is 14.3 Å². The zero-order valence-electron chi connectivity index (χ0n) is 12.4. The van der Waals surface area contributed by atoms with Crippen molar-refractivity contribution in [3.63, 3.8) is 0 Å². The van der Waals surface area contributed by atoms with Gasteiger partial charge < -0.3 is 14.8 Å². The summed E-state index contributed by atoms with van der Waals surface area (Å²) in [4.78, 5) is 11.3. The molecule has 18 heavy (non-hydrogen) atoms. The lowest BCUT2D eigenvalue weighted by atomic mass is 9.94. The lowest BCUT2D eigenvalue weighted by Gasteiger charge is -2.25. The van der Waals surface area contributed by atoms with Crippen molar-refractivity contribution in [2.75, 3.05) is 7.05 Å². The van der Waals surface area contributed by atoms with E-state index in [0.29, 0.717) is 11.8 Å². The number of hydrogen-bond acceptors (Lipinski definition) is 4. The Morgan fingerprint density at radius 1 is 1.33 bits per heavy atom. The molecule has 1 aliphatic heterocycles. The maximum atomic E-state index is 11.3. The van der Waals surface area contributed by atoms with Gasteiger partial charge in [-0.25, -0.2) is 0 Å². The summed E-state index contributed by atoms with van der Waals surface area (Å²) >= 11 is 0. The molecule has 0 saturated carbocycles. The molecule has 4 atom stereocenters. The zero-order chi connectivity index (χ0) is 13.9. The molecule has 0 amide bonds. The second-order valence-electron chi connectivity index (χ2n) is 5.90. The molecule has 1 fully saturated rings. The maximum absolute atomic E-state index is 11.3. The van der Waals surface area contributed by atoms with Crippen LogP contribution in [0.25, 0.3) is 0 Å². The third-order valence-corrected chi connectivity index (χ3v) is 3.40. The smallest absolute Gasteiger partial charge is 0.303 e. The topological polar surface area (TPSA) is 47.6 Å². The van der Waals surface area contributed by atoms with Gasteiger partial charge in [-0.05, 0) is 25.3 Å². The van der Waals surface area contributed by atoms with Gasteiger partial charge in [-0.2, -0.15) is 0 Å². The fourth-order valence-corrected chi connectivity index (χ4v) is 2.68. The van der Waals surface area contributed by atoms with E-state index in [1.54, 1.807) is 0 Å². The van der Waals surface area contributed by atoms with Gasteiger partial charge >= 0.3 is 5.97 Å². The standard InChI is InChI=1S/C14H27NO3/c1-8(2)7-11-14(17-10(5)16)12(15-6)13(18-11)9(3)4/h8-9,11-15H,7H2,1-6H3/t11-,12+,13+,14-/m1/s1. The quantitative estimate of drug-likeness (QED) is 0.765. The van der Waals surface area contributed by atoms with Crippen molar-refractivity contribution in [3.8, 4) is 0 Å². The Morgan fingerprint density at radius 3 is 2.33 bits per heavy atom. The molecule has 1 rings (SSSR count). The lowest BCUT2D eigenvalue weighted by molar-refractivity contribution is -0.150. The summed E-state index contributed by atoms with van der Waals surface area (Å²) in [5.74, 6) is 0.691. The summed E-state index contributed by atoms with van der Waals surface area (Å²) in [5, 5.41) is 3.25. The average Bonchev–Trinajstić information content (AvgIpc) is 2.55. The highest BCUT2D eigenvalue weighted by Crippen LogP contribution is 2.31. The summed E-state index contributed by atoms with van der Waals surface area (Å²) in [7, 11) is 1.90. The van der Waals surface area contributed by atoms with Crippen molar-refractivity contribution in [1.29, 1.82) is 0 Å². The van der Waals surface area contributed by atoms with E-state index in [-0.39, 0.29) is 30.3 Å². The molecule has 0 spiro atoms. The largest absolute Gasteiger partial charge is 0.458 e. The van der Waals surface area contributed by atoms with Crippen LogP contribution in [0, 0.1) is 11.8 Å². The van der Waals surface area contributed by atoms with Gasteiger partial charge in [0.2, 0.25) is 0 Å². The van der Waals surface area contributed by atoms with Gasteiger partial charge in [0, 0.05) is 6.92 Å². The van der Waals surface area contributed by atoms with Gasteiger partial charge in [0.25, 0.3) is 0 Å². The Balaban J connectivity index is 2.84. The second-order valence-corrected chi connectivity index (χ2v) is 5.90. The van der Waals surface area contributed by atoms with Gasteiger partial charge in [0.1, 0.15) is 6.10 Å². The number of ether oxygens (including phenoxy) is 2. The molecule has 0 bridgehead atoms. The van der Waals surface area contributed by atoms with Gasteiger partial charge in [-0.15, -0.1) is 0 Å². The molecule has 106 valence electrons. The van der Waals surface area contributed by atoms with E-state index < -0.39 is 0 Å². The van der Waals surface area contributed by atoms with Gasteiger partial charge in [0.05, 0.1) is 18.2 Å². The van der Waals surface area contributed by atoms with E-state index in [9.17, 15) is 4.79 Å². The number of carbonyl (C=O) groups excluding carboxylic acids is 1. The number of hydrogen-bond donors (Lipinski definition) is 1. The average molecular weight is 257 g/mol. The van der Waals surface area contributed by atoms with E-state index in [1.807, 2.05) is 7.05 Å². The minimum Gasteiger partial charge on any atom is -0.458 e. The molecule has 0 aliphatic carbocycles. The molecular formula is C14H27NO3. The molecule has 0 radical (unpaired) electrons. The van der Waals surface area contributed by atoms with Crippen molar-refractivity contribution in [2.45, 2.75) is 65.4 Å². The molecule has 1 heterocycles. The highest BCUT2D eigenvalue weighted by molar-refractivity contribution is 5.66. The maximum Gasteiger partial charge on any atom is 0.303 e. The monoisotopic (exact) mass is 257 g/mol. The molecule has 1 saturated heterocycles. The van der Waals surface area contributed by atoms with E-state index in [2.05, 4.69) is 33.0 Å². The SMILES string of the molecule is CN[C@@H]1[C@H](OC(C)=O)[C@@H](CC(C)C)O[C@H]1C(C)C. The van der Waals surface area contributed by atoms with E-state index in [0.717, 1.165) is 6.42 Å². The Hall–Kier alpha value is -0.610. The van der Waals surface area contributed by atoms with Crippen molar-refractivity contribution in [1.82, 2.24) is 5.32 Å². The van der Waals surface area contributed by atoms with Crippen LogP contribution in [0.15, 0.2) is 0 Å². The molecule has 4 nitrogen and oxygen atoms in total. The Labute approximate surface area is 110 Å². The van der Waals surface area contributed by atoms with Gasteiger partial charge in [-0.1, -0.05) is 27.7 Å². The van der Waals surface area contributed by atoms with Crippen LogP contribution < -0.4 is 5.32 Å². The van der Waals surface area contributed by atoms with E-state index in [4.69, 9.17) is 9.47 Å². The second kappa shape index (κ2) is 6.53. The third-order valence-electron chi connectivity index (χ3n) is 3.40. The predicted octanol–water partition coefficient (Wildman–Crippen LogP) is 1.98. The number of likely N-dealkylation sites (N-methyl/N-ethyl adjacent to an activating group) is 1. The summed E-state index contributed by atoms with van der Waals surface area (Å²) in [6.45, 7) is 10.0. The van der Waals surface area contributed by atoms with Crippen LogP contribution in [0.2, 0.25) is 0 Å². The Bertz CT molecular complexity index is 278. The molecular weight excluding hydrogens is 230 g/mol. The molecule has 0 aromatic heterocycles. The minimum absolute atomic E-state index is 0.00116. The first-order valence-electron chi connectivity index (χ1n) is 6.86. The van der Waals surface area contributed by atoms with Crippen LogP contribution in [0.1, 0.15) is 41.0 Å². The number of carbonyl (C=O) groups is 1. The van der Waals surface area contributed by atoms with Gasteiger partial charge in [0.15, 0.2) is 0 Å². The van der Waals surface area contributed by atoms with E-state index in [1.165, 1.54) is 6.92 Å². The van der Waals surface area contributed by atoms with Crippen LogP contribution in [0.4, 0.5) is 0 Å². The predicted molar refractivity (Wildman–Crippen MR) is 71.4 cm³/mol. The molecule has 0 aromatic rings. The normalized spacial score (nSPS) is 32.2. The minimum atomic E-state index is -0.234. The Kier molecular flexibility index (Phi) is 5.60. The van der Waals surface area contributed by atoms with Crippen LogP contribution in [0.5, 0.6) is 0 Å². The molecule has 1 aliphatic rings. The number of esters is 1. The lowest BCUT2D eigenvalue weighted by Crippen LogP contribution is -2.46. The first kappa shape index (κ1) is 15.4. The summed E-state index contributed by atoms with van der Waals surface area (Å²) in [6, 6.07) is 0.0812. The number of nitrogens with one attached hydrogen (secondary N) is 1. The number of rotatable bonds is 5. The molecule has 0 unspecified atom stereocenters. The van der Waals surface area contributed by atoms with Crippen molar-refractivity contribution in [3.05, 3.63) is 0 Å². The van der Waals surface area contributed by atoms with Gasteiger partial charge in [-0.3, -0.25) is 4.79 Å². The third kappa shape index (κ3) is 3.69. The molecule has 0 aromatic carbocycles. The fraction of sp³-hybridized carbons (Fsp3) is 0.929. The Morgan fingerprint density at radius 2 is 1.94 bits per heavy atom. The summed E-state index contributed by atoms with van der Waals surface area (Å²) in [6.07, 6.45) is 0.837. The van der Waals surface area contributed by atoms with Crippen molar-refractivity contribution < 1.29 is 14.3 Å². The highest BCUT2D eigenvalue weighted by atomic mass is 16.6.